The van der Waals surface area contributed by atoms with Gasteiger partial charge in [-0.2, -0.15) is 5.10 Å². The molecule has 1 aliphatic heterocycles. The number of aromatic hydroxyl groups is 1. The van der Waals surface area contributed by atoms with E-state index in [0.29, 0.717) is 46.6 Å². The predicted molar refractivity (Wildman–Crippen MR) is 125 cm³/mol. The second-order valence-electron chi connectivity index (χ2n) is 8.27. The molecule has 166 valence electrons. The van der Waals surface area contributed by atoms with Crippen molar-refractivity contribution in [3.05, 3.63) is 77.0 Å². The first kappa shape index (κ1) is 22.0. The number of amides is 1. The molecule has 2 heterocycles. The van der Waals surface area contributed by atoms with Crippen LogP contribution in [0.3, 0.4) is 0 Å². The molecule has 0 bridgehead atoms. The number of phenols is 1. The Morgan fingerprint density at radius 2 is 2.12 bits per heavy atom. The Balaban J connectivity index is 1.79. The van der Waals surface area contributed by atoms with E-state index in [9.17, 15) is 9.90 Å². The number of benzene rings is 2. The van der Waals surface area contributed by atoms with Crippen molar-refractivity contribution >= 4 is 17.5 Å². The molecule has 1 unspecified atom stereocenters. The zero-order valence-electron chi connectivity index (χ0n) is 18.1. The van der Waals surface area contributed by atoms with E-state index in [1.807, 2.05) is 24.3 Å². The van der Waals surface area contributed by atoms with E-state index in [1.165, 1.54) is 6.07 Å². The molecular weight excluding hydrogens is 426 g/mol. The van der Waals surface area contributed by atoms with Gasteiger partial charge < -0.3 is 14.7 Å². The van der Waals surface area contributed by atoms with E-state index in [2.05, 4.69) is 30.6 Å². The van der Waals surface area contributed by atoms with Crippen LogP contribution in [-0.4, -0.2) is 39.3 Å². The van der Waals surface area contributed by atoms with Crippen LogP contribution in [-0.2, 0) is 0 Å². The number of phenolic OH excluding ortho intramolecular Hbond substituents is 1. The molecule has 0 saturated carbocycles. The van der Waals surface area contributed by atoms with Crippen molar-refractivity contribution in [2.75, 3.05) is 13.2 Å². The zero-order valence-corrected chi connectivity index (χ0v) is 18.9. The fourth-order valence-corrected chi connectivity index (χ4v) is 4.13. The summed E-state index contributed by atoms with van der Waals surface area (Å²) in [5.41, 5.74) is 2.96. The van der Waals surface area contributed by atoms with Crippen molar-refractivity contribution in [1.82, 2.24) is 15.1 Å². The summed E-state index contributed by atoms with van der Waals surface area (Å²) in [5, 5.41) is 18.2. The number of nitrogens with one attached hydrogen (secondary N) is 1. The van der Waals surface area contributed by atoms with Crippen molar-refractivity contribution in [2.24, 2.45) is 5.92 Å². The summed E-state index contributed by atoms with van der Waals surface area (Å²) in [6.45, 7) is 9.12. The summed E-state index contributed by atoms with van der Waals surface area (Å²) in [4.78, 5) is 14.9. The third-order valence-electron chi connectivity index (χ3n) is 5.54. The first-order valence-corrected chi connectivity index (χ1v) is 11.0. The molecule has 1 aliphatic rings. The summed E-state index contributed by atoms with van der Waals surface area (Å²) in [6, 6.07) is 12.1. The highest BCUT2D eigenvalue weighted by Crippen LogP contribution is 2.45. The standard InChI is InChI=1S/C25H26ClN3O3/c1-4-11-29-24(16-6-5-7-18(13-16)32-12-10-15(2)3)21-22(27-28-23(21)25(29)31)19-14-17(26)8-9-20(19)30/h4-9,13-15,24,30H,1,10-12H2,2-3H3,(H,27,28). The van der Waals surface area contributed by atoms with Crippen LogP contribution in [0.1, 0.15) is 47.9 Å². The minimum absolute atomic E-state index is 0.0443. The minimum atomic E-state index is -0.406. The number of carbonyl (C=O) groups excluding carboxylic acids is 1. The number of hydrogen-bond donors (Lipinski definition) is 2. The SMILES string of the molecule is C=CCN1C(=O)c2[nH]nc(-c3cc(Cl)ccc3O)c2C1c1cccc(OCCC(C)C)c1. The molecule has 0 saturated heterocycles. The number of carbonyl (C=O) groups is 1. The van der Waals surface area contributed by atoms with Crippen molar-refractivity contribution in [2.45, 2.75) is 26.3 Å². The first-order chi connectivity index (χ1) is 15.4. The Morgan fingerprint density at radius 3 is 2.88 bits per heavy atom. The first-order valence-electron chi connectivity index (χ1n) is 10.6. The molecule has 1 atom stereocenters. The zero-order chi connectivity index (χ0) is 22.8. The third kappa shape index (κ3) is 4.10. The second kappa shape index (κ2) is 9.09. The summed E-state index contributed by atoms with van der Waals surface area (Å²) in [5.74, 6) is 1.17. The van der Waals surface area contributed by atoms with E-state index < -0.39 is 6.04 Å². The molecule has 0 spiro atoms. The summed E-state index contributed by atoms with van der Waals surface area (Å²) < 4.78 is 5.95. The average Bonchev–Trinajstić information content (AvgIpc) is 3.29. The van der Waals surface area contributed by atoms with Crippen LogP contribution < -0.4 is 4.74 Å². The third-order valence-corrected chi connectivity index (χ3v) is 5.78. The van der Waals surface area contributed by atoms with Crippen LogP contribution in [0.25, 0.3) is 11.3 Å². The number of aromatic amines is 1. The molecule has 7 heteroatoms. The van der Waals surface area contributed by atoms with Gasteiger partial charge in [-0.25, -0.2) is 0 Å². The van der Waals surface area contributed by atoms with Gasteiger partial charge in [0.25, 0.3) is 5.91 Å². The van der Waals surface area contributed by atoms with Gasteiger partial charge in [-0.05, 0) is 48.2 Å². The van der Waals surface area contributed by atoms with Crippen LogP contribution in [0.5, 0.6) is 11.5 Å². The van der Waals surface area contributed by atoms with Gasteiger partial charge in [-0.3, -0.25) is 9.89 Å². The normalized spacial score (nSPS) is 15.3. The maximum atomic E-state index is 13.2. The molecule has 3 aromatic rings. The Bertz CT molecular complexity index is 1160. The molecule has 0 fully saturated rings. The van der Waals surface area contributed by atoms with Crippen molar-refractivity contribution in [1.29, 1.82) is 0 Å². The van der Waals surface area contributed by atoms with E-state index in [-0.39, 0.29) is 11.7 Å². The number of rotatable bonds is 8. The molecule has 32 heavy (non-hydrogen) atoms. The molecule has 1 aromatic heterocycles. The fraction of sp³-hybridized carbons (Fsp3) is 0.280. The monoisotopic (exact) mass is 451 g/mol. The summed E-state index contributed by atoms with van der Waals surface area (Å²) >= 11 is 6.18. The quantitative estimate of drug-likeness (QED) is 0.437. The van der Waals surface area contributed by atoms with Crippen LogP contribution in [0.2, 0.25) is 5.02 Å². The molecule has 0 radical (unpaired) electrons. The Labute approximate surface area is 192 Å². The van der Waals surface area contributed by atoms with Crippen LogP contribution in [0.4, 0.5) is 0 Å². The number of halogens is 1. The van der Waals surface area contributed by atoms with E-state index in [4.69, 9.17) is 16.3 Å². The van der Waals surface area contributed by atoms with E-state index in [0.717, 1.165) is 17.7 Å². The molecule has 4 rings (SSSR count). The van der Waals surface area contributed by atoms with Gasteiger partial charge in [0.15, 0.2) is 0 Å². The van der Waals surface area contributed by atoms with E-state index >= 15 is 0 Å². The predicted octanol–water partition coefficient (Wildman–Crippen LogP) is 5.59. The largest absolute Gasteiger partial charge is 0.507 e. The number of fused-ring (bicyclic) bond motifs is 1. The molecule has 2 aromatic carbocycles. The van der Waals surface area contributed by atoms with Gasteiger partial charge in [0.05, 0.1) is 12.6 Å². The molecule has 1 amide bonds. The summed E-state index contributed by atoms with van der Waals surface area (Å²) in [6.07, 6.45) is 2.66. The maximum Gasteiger partial charge on any atom is 0.273 e. The highest BCUT2D eigenvalue weighted by atomic mass is 35.5. The lowest BCUT2D eigenvalue weighted by Crippen LogP contribution is -2.29. The van der Waals surface area contributed by atoms with Crippen LogP contribution in [0, 0.1) is 5.92 Å². The highest BCUT2D eigenvalue weighted by molar-refractivity contribution is 6.31. The lowest BCUT2D eigenvalue weighted by molar-refractivity contribution is 0.0764. The lowest BCUT2D eigenvalue weighted by atomic mass is 9.95. The number of hydrogen-bond acceptors (Lipinski definition) is 4. The average molecular weight is 452 g/mol. The van der Waals surface area contributed by atoms with Crippen molar-refractivity contribution < 1.29 is 14.6 Å². The van der Waals surface area contributed by atoms with Crippen LogP contribution in [0.15, 0.2) is 55.1 Å². The van der Waals surface area contributed by atoms with Gasteiger partial charge in [0.1, 0.15) is 22.9 Å². The molecule has 2 N–H and O–H groups in total. The van der Waals surface area contributed by atoms with Crippen molar-refractivity contribution in [3.8, 4) is 22.8 Å². The number of ether oxygens (including phenoxy) is 1. The maximum absolute atomic E-state index is 13.2. The molecular formula is C25H26ClN3O3. The lowest BCUT2D eigenvalue weighted by Gasteiger charge is -2.25. The number of nitrogens with zero attached hydrogens (tertiary/aromatic N) is 2. The second-order valence-corrected chi connectivity index (χ2v) is 8.71. The van der Waals surface area contributed by atoms with Gasteiger partial charge in [0.2, 0.25) is 0 Å². The smallest absolute Gasteiger partial charge is 0.273 e. The Morgan fingerprint density at radius 1 is 1.31 bits per heavy atom. The van der Waals surface area contributed by atoms with Crippen LogP contribution >= 0.6 is 11.6 Å². The van der Waals surface area contributed by atoms with Gasteiger partial charge >= 0.3 is 0 Å². The molecule has 0 aliphatic carbocycles. The Hall–Kier alpha value is -3.25. The van der Waals surface area contributed by atoms with Gasteiger partial charge in [0, 0.05) is 22.7 Å². The highest BCUT2D eigenvalue weighted by Gasteiger charge is 2.42. The van der Waals surface area contributed by atoms with Gasteiger partial charge in [-0.1, -0.05) is 43.7 Å². The number of H-pyrrole nitrogens is 1. The van der Waals surface area contributed by atoms with Crippen molar-refractivity contribution in [3.63, 3.8) is 0 Å². The van der Waals surface area contributed by atoms with E-state index in [1.54, 1.807) is 23.1 Å². The minimum Gasteiger partial charge on any atom is -0.507 e. The number of aromatic nitrogens is 2. The molecule has 6 nitrogen and oxygen atoms in total. The summed E-state index contributed by atoms with van der Waals surface area (Å²) in [7, 11) is 0. The van der Waals surface area contributed by atoms with Gasteiger partial charge in [-0.15, -0.1) is 6.58 Å². The fourth-order valence-electron chi connectivity index (χ4n) is 3.96. The topological polar surface area (TPSA) is 78.5 Å². The Kier molecular flexibility index (Phi) is 6.24.